The fourth-order valence-corrected chi connectivity index (χ4v) is 5.67. The standard InChI is InChI=1S/C34H30FN7/c1-3-4-9-23-13-19-26(20-14-23)37-32-34-39-33-30(22(2)40-42(33)29-12-7-8-21-36-29)31(24-15-17-25(35)18-16-24)41(34)28-11-6-5-10-27(28)38-32/h5-8,10-21,31H,3-4,9H2,1-2H3,(H,37,38)/t31-/m0/s1. The fourth-order valence-electron chi connectivity index (χ4n) is 5.67. The number of hydrogen-bond donors (Lipinski definition) is 1. The van der Waals surface area contributed by atoms with Crippen LogP contribution in [-0.2, 0) is 6.42 Å². The van der Waals surface area contributed by atoms with E-state index in [9.17, 15) is 4.39 Å². The van der Waals surface area contributed by atoms with Crippen molar-refractivity contribution < 1.29 is 4.39 Å². The average molecular weight is 556 g/mol. The van der Waals surface area contributed by atoms with Crippen LogP contribution in [0.2, 0.25) is 0 Å². The molecule has 0 radical (unpaired) electrons. The van der Waals surface area contributed by atoms with E-state index in [0.717, 1.165) is 46.7 Å². The Hall–Kier alpha value is -5.11. The SMILES string of the molecule is CCCCc1ccc(NC2=Nc3ccccc3N3C2=Nc2c(c(C)nn2-c2ccccn2)[C@@H]3c2ccc(F)cc2)cc1. The van der Waals surface area contributed by atoms with Crippen molar-refractivity contribution >= 4 is 34.6 Å². The Labute approximate surface area is 244 Å². The number of unbranched alkanes of at least 4 members (excludes halogenated alkanes) is 1. The van der Waals surface area contributed by atoms with E-state index in [-0.39, 0.29) is 11.9 Å². The van der Waals surface area contributed by atoms with Crippen LogP contribution in [0.4, 0.5) is 27.3 Å². The minimum Gasteiger partial charge on any atom is -0.337 e. The zero-order chi connectivity index (χ0) is 28.6. The predicted octanol–water partition coefficient (Wildman–Crippen LogP) is 7.85. The summed E-state index contributed by atoms with van der Waals surface area (Å²) in [7, 11) is 0. The first kappa shape index (κ1) is 25.8. The summed E-state index contributed by atoms with van der Waals surface area (Å²) in [6, 6.07) is 28.6. The Morgan fingerprint density at radius 3 is 2.43 bits per heavy atom. The third-order valence-electron chi connectivity index (χ3n) is 7.73. The molecule has 8 heteroatoms. The molecule has 0 unspecified atom stereocenters. The minimum absolute atomic E-state index is 0.282. The first-order valence-corrected chi connectivity index (χ1v) is 14.3. The fraction of sp³-hybridized carbons (Fsp3) is 0.176. The monoisotopic (exact) mass is 555 g/mol. The van der Waals surface area contributed by atoms with Gasteiger partial charge in [-0.1, -0.05) is 55.8 Å². The van der Waals surface area contributed by atoms with Gasteiger partial charge in [0, 0.05) is 17.4 Å². The second kappa shape index (κ2) is 10.7. The predicted molar refractivity (Wildman–Crippen MR) is 166 cm³/mol. The molecule has 4 heterocycles. The minimum atomic E-state index is -0.324. The van der Waals surface area contributed by atoms with E-state index in [2.05, 4.69) is 46.4 Å². The maximum atomic E-state index is 14.1. The highest BCUT2D eigenvalue weighted by molar-refractivity contribution is 6.51. The van der Waals surface area contributed by atoms with Gasteiger partial charge in [-0.3, -0.25) is 0 Å². The lowest BCUT2D eigenvalue weighted by atomic mass is 9.93. The summed E-state index contributed by atoms with van der Waals surface area (Å²) in [4.78, 5) is 17.0. The highest BCUT2D eigenvalue weighted by Gasteiger charge is 2.41. The molecule has 7 rings (SSSR count). The maximum Gasteiger partial charge on any atom is 0.179 e. The van der Waals surface area contributed by atoms with Crippen LogP contribution in [0, 0.1) is 12.7 Å². The molecule has 2 aliphatic rings. The topological polar surface area (TPSA) is 70.7 Å². The summed E-state index contributed by atoms with van der Waals surface area (Å²) in [5.41, 5.74) is 6.66. The van der Waals surface area contributed by atoms with Gasteiger partial charge >= 0.3 is 0 Å². The molecule has 1 atom stereocenters. The van der Waals surface area contributed by atoms with Crippen molar-refractivity contribution in [2.45, 2.75) is 39.2 Å². The molecule has 208 valence electrons. The van der Waals surface area contributed by atoms with Crippen LogP contribution < -0.4 is 10.2 Å². The Kier molecular flexibility index (Phi) is 6.58. The number of nitrogens with zero attached hydrogens (tertiary/aromatic N) is 6. The van der Waals surface area contributed by atoms with Crippen LogP contribution in [-0.4, -0.2) is 26.4 Å². The Balaban J connectivity index is 1.41. The number of aliphatic imine (C=N–C) groups is 2. The van der Waals surface area contributed by atoms with Gasteiger partial charge in [0.05, 0.1) is 23.1 Å². The molecule has 0 fully saturated rings. The summed E-state index contributed by atoms with van der Waals surface area (Å²) in [5, 5.41) is 8.45. The van der Waals surface area contributed by atoms with E-state index in [0.29, 0.717) is 23.3 Å². The highest BCUT2D eigenvalue weighted by Crippen LogP contribution is 2.48. The molecule has 2 aromatic heterocycles. The largest absolute Gasteiger partial charge is 0.337 e. The number of benzene rings is 3. The molecule has 0 amide bonds. The van der Waals surface area contributed by atoms with Gasteiger partial charge in [0.2, 0.25) is 0 Å². The maximum absolute atomic E-state index is 14.1. The van der Waals surface area contributed by atoms with E-state index in [4.69, 9.17) is 15.1 Å². The van der Waals surface area contributed by atoms with Crippen LogP contribution in [0.5, 0.6) is 0 Å². The van der Waals surface area contributed by atoms with Gasteiger partial charge < -0.3 is 10.2 Å². The van der Waals surface area contributed by atoms with Gasteiger partial charge in [-0.25, -0.2) is 19.4 Å². The molecule has 1 N–H and O–H groups in total. The summed E-state index contributed by atoms with van der Waals surface area (Å²) < 4.78 is 15.9. The van der Waals surface area contributed by atoms with Crippen molar-refractivity contribution in [3.05, 3.63) is 125 Å². The Morgan fingerprint density at radius 1 is 0.881 bits per heavy atom. The van der Waals surface area contributed by atoms with Gasteiger partial charge in [0.1, 0.15) is 5.82 Å². The number of fused-ring (bicyclic) bond motifs is 4. The number of aromatic nitrogens is 3. The molecule has 0 aliphatic carbocycles. The lowest BCUT2D eigenvalue weighted by Gasteiger charge is -2.40. The smallest absolute Gasteiger partial charge is 0.179 e. The molecular formula is C34H30FN7. The number of para-hydroxylation sites is 2. The van der Waals surface area contributed by atoms with E-state index >= 15 is 0 Å². The number of hydrogen-bond acceptors (Lipinski definition) is 6. The molecule has 7 nitrogen and oxygen atoms in total. The molecule has 0 saturated heterocycles. The van der Waals surface area contributed by atoms with Crippen LogP contribution in [0.25, 0.3) is 5.82 Å². The van der Waals surface area contributed by atoms with Crippen molar-refractivity contribution in [1.82, 2.24) is 14.8 Å². The van der Waals surface area contributed by atoms with E-state index in [1.807, 2.05) is 61.5 Å². The summed E-state index contributed by atoms with van der Waals surface area (Å²) in [5.74, 6) is 2.34. The van der Waals surface area contributed by atoms with Gasteiger partial charge in [0.25, 0.3) is 0 Å². The Morgan fingerprint density at radius 2 is 1.67 bits per heavy atom. The summed E-state index contributed by atoms with van der Waals surface area (Å²) in [6.07, 6.45) is 5.13. The number of amidine groups is 2. The molecule has 42 heavy (non-hydrogen) atoms. The van der Waals surface area contributed by atoms with E-state index in [1.54, 1.807) is 10.9 Å². The van der Waals surface area contributed by atoms with Gasteiger partial charge in [-0.15, -0.1) is 0 Å². The molecule has 0 spiro atoms. The summed E-state index contributed by atoms with van der Waals surface area (Å²) in [6.45, 7) is 4.19. The van der Waals surface area contributed by atoms with Crippen LogP contribution in [0.3, 0.4) is 0 Å². The molecule has 5 aromatic rings. The third kappa shape index (κ3) is 4.55. The summed E-state index contributed by atoms with van der Waals surface area (Å²) >= 11 is 0. The molecule has 0 saturated carbocycles. The number of aryl methyl sites for hydroxylation is 2. The molecule has 0 bridgehead atoms. The normalized spacial score (nSPS) is 15.3. The second-order valence-corrected chi connectivity index (χ2v) is 10.6. The zero-order valence-corrected chi connectivity index (χ0v) is 23.5. The number of pyridine rings is 1. The molecule has 3 aromatic carbocycles. The quantitative estimate of drug-likeness (QED) is 0.232. The van der Waals surface area contributed by atoms with Gasteiger partial charge in [0.15, 0.2) is 23.3 Å². The van der Waals surface area contributed by atoms with Crippen molar-refractivity contribution in [1.29, 1.82) is 0 Å². The lowest BCUT2D eigenvalue weighted by molar-refractivity contribution is 0.626. The van der Waals surface area contributed by atoms with Crippen LogP contribution in [0.15, 0.2) is 107 Å². The highest BCUT2D eigenvalue weighted by atomic mass is 19.1. The van der Waals surface area contributed by atoms with Crippen molar-refractivity contribution in [2.75, 3.05) is 10.2 Å². The van der Waals surface area contributed by atoms with Crippen LogP contribution in [0.1, 0.15) is 48.2 Å². The average Bonchev–Trinajstić information content (AvgIpc) is 3.36. The first-order valence-electron chi connectivity index (χ1n) is 14.3. The Bertz CT molecular complexity index is 1810. The third-order valence-corrected chi connectivity index (χ3v) is 7.73. The van der Waals surface area contributed by atoms with Crippen molar-refractivity contribution in [3.63, 3.8) is 0 Å². The van der Waals surface area contributed by atoms with Gasteiger partial charge in [-0.05, 0) is 79.4 Å². The molecular weight excluding hydrogens is 525 g/mol. The number of rotatable bonds is 6. The zero-order valence-electron chi connectivity index (χ0n) is 23.5. The van der Waals surface area contributed by atoms with Crippen molar-refractivity contribution in [2.24, 2.45) is 9.98 Å². The number of halogens is 1. The van der Waals surface area contributed by atoms with E-state index in [1.165, 1.54) is 24.1 Å². The van der Waals surface area contributed by atoms with Crippen molar-refractivity contribution in [3.8, 4) is 5.82 Å². The van der Waals surface area contributed by atoms with E-state index < -0.39 is 0 Å². The lowest BCUT2D eigenvalue weighted by Crippen LogP contribution is -2.46. The first-order chi connectivity index (χ1) is 20.6. The number of anilines is 2. The number of nitrogens with one attached hydrogen (secondary N) is 1. The second-order valence-electron chi connectivity index (χ2n) is 10.6. The van der Waals surface area contributed by atoms with Gasteiger partial charge in [-0.2, -0.15) is 9.78 Å². The molecule has 2 aliphatic heterocycles. The van der Waals surface area contributed by atoms with Crippen LogP contribution >= 0.6 is 0 Å².